The summed E-state index contributed by atoms with van der Waals surface area (Å²) >= 11 is 1.88. The molecule has 1 aliphatic heterocycles. The maximum atomic E-state index is 12.7. The molecule has 2 amide bonds. The molecular weight excluding hydrogens is 279 g/mol. The Morgan fingerprint density at radius 3 is 2.70 bits per heavy atom. The highest BCUT2D eigenvalue weighted by atomic mass is 32.2. The zero-order valence-electron chi connectivity index (χ0n) is 11.2. The molecule has 0 bridgehead atoms. The van der Waals surface area contributed by atoms with Gasteiger partial charge in [-0.25, -0.2) is 9.18 Å². The summed E-state index contributed by atoms with van der Waals surface area (Å²) < 4.78 is 18.0. The summed E-state index contributed by atoms with van der Waals surface area (Å²) in [6, 6.07) is 5.44. The Morgan fingerprint density at radius 1 is 1.30 bits per heavy atom. The van der Waals surface area contributed by atoms with E-state index < -0.39 is 0 Å². The van der Waals surface area contributed by atoms with Crippen molar-refractivity contribution in [1.82, 2.24) is 5.32 Å². The Kier molecular flexibility index (Phi) is 6.14. The molecular formula is C14H19FN2O2S. The van der Waals surface area contributed by atoms with Crippen LogP contribution in [0.15, 0.2) is 24.3 Å². The first-order valence-corrected chi connectivity index (χ1v) is 7.79. The Balaban J connectivity index is 1.59. The highest BCUT2D eigenvalue weighted by Gasteiger charge is 2.13. The van der Waals surface area contributed by atoms with Crippen molar-refractivity contribution in [2.24, 2.45) is 0 Å². The van der Waals surface area contributed by atoms with Crippen molar-refractivity contribution in [3.05, 3.63) is 30.1 Å². The van der Waals surface area contributed by atoms with Crippen molar-refractivity contribution >= 4 is 23.5 Å². The topological polar surface area (TPSA) is 50.4 Å². The monoisotopic (exact) mass is 298 g/mol. The van der Waals surface area contributed by atoms with Crippen molar-refractivity contribution < 1.29 is 13.9 Å². The number of carbonyl (C=O) groups excluding carboxylic acids is 1. The lowest BCUT2D eigenvalue weighted by molar-refractivity contribution is 0.100. The van der Waals surface area contributed by atoms with E-state index in [4.69, 9.17) is 4.74 Å². The Bertz CT molecular complexity index is 422. The van der Waals surface area contributed by atoms with E-state index in [2.05, 4.69) is 10.6 Å². The third-order valence-electron chi connectivity index (χ3n) is 3.01. The minimum absolute atomic E-state index is 0.260. The number of nitrogens with one attached hydrogen (secondary N) is 2. The number of hydrogen-bond donors (Lipinski definition) is 2. The van der Waals surface area contributed by atoms with Gasteiger partial charge >= 0.3 is 6.03 Å². The van der Waals surface area contributed by atoms with E-state index in [1.807, 2.05) is 11.8 Å². The van der Waals surface area contributed by atoms with Gasteiger partial charge in [-0.05, 0) is 37.1 Å². The van der Waals surface area contributed by atoms with Gasteiger partial charge < -0.3 is 15.4 Å². The van der Waals surface area contributed by atoms with Gasteiger partial charge in [-0.1, -0.05) is 0 Å². The summed E-state index contributed by atoms with van der Waals surface area (Å²) in [5.41, 5.74) is 0.584. The van der Waals surface area contributed by atoms with Gasteiger partial charge in [0.05, 0.1) is 0 Å². The Morgan fingerprint density at radius 2 is 2.00 bits per heavy atom. The molecule has 1 saturated heterocycles. The van der Waals surface area contributed by atoms with Crippen LogP contribution in [0.4, 0.5) is 14.9 Å². The van der Waals surface area contributed by atoms with Crippen LogP contribution in [0.3, 0.4) is 0 Å². The van der Waals surface area contributed by atoms with Crippen LogP contribution in [0.25, 0.3) is 0 Å². The molecule has 6 heteroatoms. The van der Waals surface area contributed by atoms with E-state index >= 15 is 0 Å². The quantitative estimate of drug-likeness (QED) is 0.822. The molecule has 20 heavy (non-hydrogen) atoms. The average molecular weight is 298 g/mol. The number of thioether (sulfide) groups is 1. The van der Waals surface area contributed by atoms with Crippen LogP contribution >= 0.6 is 11.8 Å². The predicted molar refractivity (Wildman–Crippen MR) is 79.7 cm³/mol. The SMILES string of the molecule is O=C(NCCSC1CCOCC1)Nc1ccc(F)cc1. The maximum Gasteiger partial charge on any atom is 0.319 e. The first-order valence-electron chi connectivity index (χ1n) is 6.74. The van der Waals surface area contributed by atoms with Gasteiger partial charge in [-0.2, -0.15) is 11.8 Å². The van der Waals surface area contributed by atoms with Gasteiger partial charge in [0, 0.05) is 36.4 Å². The second-order valence-corrected chi connectivity index (χ2v) is 5.98. The maximum absolute atomic E-state index is 12.7. The van der Waals surface area contributed by atoms with E-state index in [-0.39, 0.29) is 11.8 Å². The largest absolute Gasteiger partial charge is 0.381 e. The fraction of sp³-hybridized carbons (Fsp3) is 0.500. The fourth-order valence-electron chi connectivity index (χ4n) is 1.94. The lowest BCUT2D eigenvalue weighted by Crippen LogP contribution is -2.31. The Labute approximate surface area is 122 Å². The van der Waals surface area contributed by atoms with Crippen LogP contribution in [-0.2, 0) is 4.74 Å². The number of carbonyl (C=O) groups is 1. The van der Waals surface area contributed by atoms with Crippen LogP contribution in [0.5, 0.6) is 0 Å². The number of anilines is 1. The van der Waals surface area contributed by atoms with Crippen LogP contribution < -0.4 is 10.6 Å². The molecule has 110 valence electrons. The molecule has 0 saturated carbocycles. The third kappa shape index (κ3) is 5.38. The molecule has 0 aromatic heterocycles. The second kappa shape index (κ2) is 8.11. The number of halogens is 1. The first kappa shape index (κ1) is 15.1. The van der Waals surface area contributed by atoms with Crippen LogP contribution in [-0.4, -0.2) is 36.8 Å². The van der Waals surface area contributed by atoms with Gasteiger partial charge in [-0.3, -0.25) is 0 Å². The van der Waals surface area contributed by atoms with Gasteiger partial charge in [0.15, 0.2) is 0 Å². The lowest BCUT2D eigenvalue weighted by atomic mass is 10.2. The molecule has 0 aliphatic carbocycles. The number of rotatable bonds is 5. The minimum Gasteiger partial charge on any atom is -0.381 e. The van der Waals surface area contributed by atoms with E-state index in [1.54, 1.807) is 0 Å². The van der Waals surface area contributed by atoms with Gasteiger partial charge in [0.1, 0.15) is 5.82 Å². The smallest absolute Gasteiger partial charge is 0.319 e. The summed E-state index contributed by atoms with van der Waals surface area (Å²) in [5, 5.41) is 6.10. The zero-order chi connectivity index (χ0) is 14.2. The Hall–Kier alpha value is -1.27. The van der Waals surface area contributed by atoms with Crippen molar-refractivity contribution in [1.29, 1.82) is 0 Å². The van der Waals surface area contributed by atoms with Gasteiger partial charge in [-0.15, -0.1) is 0 Å². The number of amides is 2. The molecule has 0 unspecified atom stereocenters. The average Bonchev–Trinajstić information content (AvgIpc) is 2.47. The lowest BCUT2D eigenvalue weighted by Gasteiger charge is -2.21. The molecule has 2 N–H and O–H groups in total. The zero-order valence-corrected chi connectivity index (χ0v) is 12.0. The summed E-state index contributed by atoms with van der Waals surface area (Å²) in [4.78, 5) is 11.6. The summed E-state index contributed by atoms with van der Waals surface area (Å²) in [7, 11) is 0. The molecule has 1 aromatic carbocycles. The third-order valence-corrected chi connectivity index (χ3v) is 4.39. The van der Waals surface area contributed by atoms with Crippen molar-refractivity contribution in [2.45, 2.75) is 18.1 Å². The summed E-state index contributed by atoms with van der Waals surface area (Å²) in [5.74, 6) is 0.574. The van der Waals surface area contributed by atoms with E-state index in [9.17, 15) is 9.18 Å². The molecule has 1 aromatic rings. The summed E-state index contributed by atoms with van der Waals surface area (Å²) in [6.45, 7) is 2.31. The predicted octanol–water partition coefficient (Wildman–Crippen LogP) is 2.86. The van der Waals surface area contributed by atoms with Crippen molar-refractivity contribution in [3.63, 3.8) is 0 Å². The van der Waals surface area contributed by atoms with E-state index in [0.29, 0.717) is 17.5 Å². The van der Waals surface area contributed by atoms with Gasteiger partial charge in [0.25, 0.3) is 0 Å². The normalized spacial score (nSPS) is 15.8. The van der Waals surface area contributed by atoms with Crippen LogP contribution in [0.2, 0.25) is 0 Å². The van der Waals surface area contributed by atoms with Crippen molar-refractivity contribution in [3.8, 4) is 0 Å². The van der Waals surface area contributed by atoms with Crippen molar-refractivity contribution in [2.75, 3.05) is 30.8 Å². The first-order chi connectivity index (χ1) is 9.74. The molecule has 0 atom stereocenters. The minimum atomic E-state index is -0.316. The fourth-order valence-corrected chi connectivity index (χ4v) is 3.02. The second-order valence-electron chi connectivity index (χ2n) is 4.57. The van der Waals surface area contributed by atoms with Crippen LogP contribution in [0, 0.1) is 5.82 Å². The highest BCUT2D eigenvalue weighted by Crippen LogP contribution is 2.21. The summed E-state index contributed by atoms with van der Waals surface area (Å²) in [6.07, 6.45) is 2.18. The number of ether oxygens (including phenoxy) is 1. The molecule has 0 spiro atoms. The molecule has 2 rings (SSSR count). The molecule has 0 radical (unpaired) electrons. The number of benzene rings is 1. The number of urea groups is 1. The molecule has 1 aliphatic rings. The van der Waals surface area contributed by atoms with Crippen LogP contribution in [0.1, 0.15) is 12.8 Å². The highest BCUT2D eigenvalue weighted by molar-refractivity contribution is 7.99. The number of hydrogen-bond acceptors (Lipinski definition) is 3. The molecule has 1 fully saturated rings. The van der Waals surface area contributed by atoms with E-state index in [1.165, 1.54) is 24.3 Å². The molecule has 4 nitrogen and oxygen atoms in total. The van der Waals surface area contributed by atoms with E-state index in [0.717, 1.165) is 31.8 Å². The standard InChI is InChI=1S/C14H19FN2O2S/c15-11-1-3-12(4-2-11)17-14(18)16-7-10-20-13-5-8-19-9-6-13/h1-4,13H,5-10H2,(H2,16,17,18). The van der Waals surface area contributed by atoms with Gasteiger partial charge in [0.2, 0.25) is 0 Å². The molecule has 1 heterocycles.